The summed E-state index contributed by atoms with van der Waals surface area (Å²) in [5.74, 6) is 0.622. The van der Waals surface area contributed by atoms with E-state index in [0.29, 0.717) is 31.3 Å². The van der Waals surface area contributed by atoms with Crippen LogP contribution in [0.4, 0.5) is 0 Å². The molecule has 1 aromatic rings. The molecule has 4 nitrogen and oxygen atoms in total. The van der Waals surface area contributed by atoms with Crippen LogP contribution in [0.3, 0.4) is 0 Å². The van der Waals surface area contributed by atoms with Crippen LogP contribution in [-0.2, 0) is 22.9 Å². The van der Waals surface area contributed by atoms with Gasteiger partial charge in [-0.05, 0) is 49.3 Å². The molecule has 1 aliphatic carbocycles. The first-order valence-corrected chi connectivity index (χ1v) is 10.3. The monoisotopic (exact) mass is 336 g/mol. The molecule has 1 aliphatic heterocycles. The molecule has 0 aromatic heterocycles. The lowest BCUT2D eigenvalue weighted by Crippen LogP contribution is -2.44. The molecular formula is C18H28N2O2S. The normalized spacial score (nSPS) is 22.8. The fraction of sp³-hybridized carbons (Fsp3) is 0.667. The van der Waals surface area contributed by atoms with Gasteiger partial charge in [0.05, 0.1) is 5.25 Å². The molecule has 1 N–H and O–H groups in total. The molecular weight excluding hydrogens is 308 g/mol. The molecule has 0 bridgehead atoms. The number of nitrogens with one attached hydrogen (secondary N) is 1. The third-order valence-corrected chi connectivity index (χ3v) is 6.85. The number of benzene rings is 1. The predicted octanol–water partition coefficient (Wildman–Crippen LogP) is 2.19. The summed E-state index contributed by atoms with van der Waals surface area (Å²) in [5.41, 5.74) is 2.37. The van der Waals surface area contributed by atoms with E-state index < -0.39 is 10.0 Å². The van der Waals surface area contributed by atoms with Crippen molar-refractivity contribution in [2.45, 2.75) is 50.8 Å². The molecule has 1 saturated heterocycles. The van der Waals surface area contributed by atoms with Crippen LogP contribution < -0.4 is 4.72 Å². The van der Waals surface area contributed by atoms with E-state index in [-0.39, 0.29) is 5.25 Å². The number of fused-ring (bicyclic) bond motifs is 1. The molecule has 3 rings (SSSR count). The number of hydrogen-bond donors (Lipinski definition) is 1. The molecule has 5 heteroatoms. The van der Waals surface area contributed by atoms with Crippen LogP contribution in [-0.4, -0.2) is 44.2 Å². The van der Waals surface area contributed by atoms with Crippen molar-refractivity contribution in [3.8, 4) is 0 Å². The molecule has 1 aromatic carbocycles. The van der Waals surface area contributed by atoms with Crippen molar-refractivity contribution in [2.24, 2.45) is 5.92 Å². The second-order valence-electron chi connectivity index (χ2n) is 7.38. The third kappa shape index (κ3) is 3.95. The Bertz CT molecular complexity index is 617. The Labute approximate surface area is 140 Å². The predicted molar refractivity (Wildman–Crippen MR) is 94.0 cm³/mol. The van der Waals surface area contributed by atoms with Crippen LogP contribution in [0.2, 0.25) is 0 Å². The molecule has 0 spiro atoms. The average molecular weight is 337 g/mol. The van der Waals surface area contributed by atoms with Gasteiger partial charge in [-0.25, -0.2) is 13.1 Å². The van der Waals surface area contributed by atoms with E-state index in [1.807, 2.05) is 24.3 Å². The molecule has 1 heterocycles. The maximum Gasteiger partial charge on any atom is 0.215 e. The van der Waals surface area contributed by atoms with Crippen molar-refractivity contribution in [2.75, 3.05) is 19.6 Å². The van der Waals surface area contributed by atoms with Crippen molar-refractivity contribution in [1.82, 2.24) is 9.62 Å². The minimum Gasteiger partial charge on any atom is -0.299 e. The number of rotatable bonds is 6. The molecule has 2 aliphatic rings. The Morgan fingerprint density at radius 3 is 2.48 bits per heavy atom. The van der Waals surface area contributed by atoms with Gasteiger partial charge in [0.2, 0.25) is 10.0 Å². The van der Waals surface area contributed by atoms with Gasteiger partial charge in [0, 0.05) is 19.1 Å². The minimum atomic E-state index is -3.24. The standard InChI is InChI=1S/C18H28N2O2S/c1-14(2)13-20-9-5-8-17(20)12-19-23(21,22)18-10-15-6-3-4-7-16(15)11-18/h3-4,6-7,14,17-19H,5,8-13H2,1-2H3/t17-/m0/s1. The van der Waals surface area contributed by atoms with Gasteiger partial charge in [-0.1, -0.05) is 38.1 Å². The highest BCUT2D eigenvalue weighted by Crippen LogP contribution is 2.26. The van der Waals surface area contributed by atoms with Crippen molar-refractivity contribution in [3.63, 3.8) is 0 Å². The summed E-state index contributed by atoms with van der Waals surface area (Å²) in [4.78, 5) is 2.44. The first kappa shape index (κ1) is 16.9. The zero-order valence-electron chi connectivity index (χ0n) is 14.2. The maximum absolute atomic E-state index is 12.7. The van der Waals surface area contributed by atoms with Crippen LogP contribution >= 0.6 is 0 Å². The van der Waals surface area contributed by atoms with E-state index in [2.05, 4.69) is 23.5 Å². The van der Waals surface area contributed by atoms with E-state index in [9.17, 15) is 8.42 Å². The maximum atomic E-state index is 12.7. The van der Waals surface area contributed by atoms with Crippen LogP contribution in [0.15, 0.2) is 24.3 Å². The minimum absolute atomic E-state index is 0.306. The van der Waals surface area contributed by atoms with Crippen LogP contribution in [0.25, 0.3) is 0 Å². The second-order valence-corrected chi connectivity index (χ2v) is 9.42. The smallest absolute Gasteiger partial charge is 0.215 e. The highest BCUT2D eigenvalue weighted by atomic mass is 32.2. The van der Waals surface area contributed by atoms with E-state index >= 15 is 0 Å². The summed E-state index contributed by atoms with van der Waals surface area (Å²) in [6.07, 6.45) is 3.56. The zero-order chi connectivity index (χ0) is 16.4. The van der Waals surface area contributed by atoms with E-state index in [4.69, 9.17) is 0 Å². The molecule has 1 fully saturated rings. The van der Waals surface area contributed by atoms with Crippen LogP contribution in [0.1, 0.15) is 37.8 Å². The average Bonchev–Trinajstić information content (AvgIpc) is 3.11. The molecule has 0 unspecified atom stereocenters. The fourth-order valence-electron chi connectivity index (χ4n) is 3.90. The lowest BCUT2D eigenvalue weighted by molar-refractivity contribution is 0.227. The summed E-state index contributed by atoms with van der Waals surface area (Å²) in [7, 11) is -3.24. The Morgan fingerprint density at radius 2 is 1.87 bits per heavy atom. The molecule has 128 valence electrons. The van der Waals surface area contributed by atoms with Gasteiger partial charge in [0.1, 0.15) is 0 Å². The Hall–Kier alpha value is -0.910. The number of hydrogen-bond acceptors (Lipinski definition) is 3. The first-order valence-electron chi connectivity index (χ1n) is 8.75. The van der Waals surface area contributed by atoms with Crippen molar-refractivity contribution in [1.29, 1.82) is 0 Å². The highest BCUT2D eigenvalue weighted by molar-refractivity contribution is 7.90. The Morgan fingerprint density at radius 1 is 1.22 bits per heavy atom. The van der Waals surface area contributed by atoms with Crippen LogP contribution in [0, 0.1) is 5.92 Å². The first-order chi connectivity index (χ1) is 11.0. The third-order valence-electron chi connectivity index (χ3n) is 5.07. The Balaban J connectivity index is 1.58. The molecule has 1 atom stereocenters. The van der Waals surface area contributed by atoms with Gasteiger partial charge in [0.25, 0.3) is 0 Å². The molecule has 0 saturated carbocycles. The van der Waals surface area contributed by atoms with Gasteiger partial charge in [-0.2, -0.15) is 0 Å². The molecule has 23 heavy (non-hydrogen) atoms. The summed E-state index contributed by atoms with van der Waals surface area (Å²) < 4.78 is 28.2. The summed E-state index contributed by atoms with van der Waals surface area (Å²) >= 11 is 0. The Kier molecular flexibility index (Phi) is 5.09. The highest BCUT2D eigenvalue weighted by Gasteiger charge is 2.33. The van der Waals surface area contributed by atoms with Crippen molar-refractivity contribution >= 4 is 10.0 Å². The van der Waals surface area contributed by atoms with Gasteiger partial charge in [0.15, 0.2) is 0 Å². The van der Waals surface area contributed by atoms with E-state index in [1.54, 1.807) is 0 Å². The topological polar surface area (TPSA) is 49.4 Å². The fourth-order valence-corrected chi connectivity index (χ4v) is 5.36. The summed E-state index contributed by atoms with van der Waals surface area (Å²) in [6.45, 7) is 7.15. The molecule has 0 amide bonds. The summed E-state index contributed by atoms with van der Waals surface area (Å²) in [5, 5.41) is -0.306. The molecule has 0 radical (unpaired) electrons. The van der Waals surface area contributed by atoms with Crippen molar-refractivity contribution in [3.05, 3.63) is 35.4 Å². The van der Waals surface area contributed by atoms with E-state index in [1.165, 1.54) is 17.5 Å². The lowest BCUT2D eigenvalue weighted by Gasteiger charge is -2.26. The van der Waals surface area contributed by atoms with Crippen LogP contribution in [0.5, 0.6) is 0 Å². The zero-order valence-corrected chi connectivity index (χ0v) is 15.0. The van der Waals surface area contributed by atoms with Gasteiger partial charge in [-0.15, -0.1) is 0 Å². The van der Waals surface area contributed by atoms with Crippen molar-refractivity contribution < 1.29 is 8.42 Å². The SMILES string of the molecule is CC(C)CN1CCC[C@H]1CNS(=O)(=O)C1Cc2ccccc2C1. The second kappa shape index (κ2) is 6.91. The number of nitrogens with zero attached hydrogens (tertiary/aromatic N) is 1. The lowest BCUT2D eigenvalue weighted by atomic mass is 10.1. The number of likely N-dealkylation sites (tertiary alicyclic amines) is 1. The van der Waals surface area contributed by atoms with E-state index in [0.717, 1.165) is 19.5 Å². The quantitative estimate of drug-likeness (QED) is 0.866. The largest absolute Gasteiger partial charge is 0.299 e. The van der Waals surface area contributed by atoms with Gasteiger partial charge in [-0.3, -0.25) is 4.90 Å². The summed E-state index contributed by atoms with van der Waals surface area (Å²) in [6, 6.07) is 8.43. The van der Waals surface area contributed by atoms with Gasteiger partial charge < -0.3 is 0 Å². The number of sulfonamides is 1. The van der Waals surface area contributed by atoms with Gasteiger partial charge >= 0.3 is 0 Å².